The van der Waals surface area contributed by atoms with E-state index < -0.39 is 0 Å². The van der Waals surface area contributed by atoms with E-state index in [1.54, 1.807) is 4.90 Å². The summed E-state index contributed by atoms with van der Waals surface area (Å²) in [6.07, 6.45) is 2.64. The fraction of sp³-hybridized carbons (Fsp3) is 0.556. The molecule has 6 heteroatoms. The largest absolute Gasteiger partial charge is 0.484 e. The van der Waals surface area contributed by atoms with Crippen LogP contribution in [-0.2, 0) is 14.3 Å². The van der Waals surface area contributed by atoms with Gasteiger partial charge in [-0.2, -0.15) is 0 Å². The number of rotatable bonds is 4. The van der Waals surface area contributed by atoms with Gasteiger partial charge < -0.3 is 19.3 Å². The number of para-hydroxylation sites is 1. The smallest absolute Gasteiger partial charge is 0.261 e. The van der Waals surface area contributed by atoms with E-state index in [-0.39, 0.29) is 24.5 Å². The van der Waals surface area contributed by atoms with E-state index in [9.17, 15) is 9.59 Å². The Hall–Kier alpha value is -2.08. The van der Waals surface area contributed by atoms with E-state index >= 15 is 0 Å². The first-order valence-corrected chi connectivity index (χ1v) is 8.59. The van der Waals surface area contributed by atoms with E-state index in [0.29, 0.717) is 38.6 Å². The van der Waals surface area contributed by atoms with Crippen LogP contribution in [0.15, 0.2) is 30.3 Å². The first-order chi connectivity index (χ1) is 11.8. The molecule has 0 N–H and O–H groups in total. The molecule has 0 aliphatic carbocycles. The van der Waals surface area contributed by atoms with Crippen LogP contribution in [-0.4, -0.2) is 67.1 Å². The summed E-state index contributed by atoms with van der Waals surface area (Å²) >= 11 is 0. The van der Waals surface area contributed by atoms with Crippen molar-refractivity contribution in [1.82, 2.24) is 9.80 Å². The van der Waals surface area contributed by atoms with Gasteiger partial charge in [-0.1, -0.05) is 18.2 Å². The second kappa shape index (κ2) is 8.15. The summed E-state index contributed by atoms with van der Waals surface area (Å²) in [5.41, 5.74) is 0. The second-order valence-corrected chi connectivity index (χ2v) is 6.14. The molecule has 1 aromatic rings. The van der Waals surface area contributed by atoms with E-state index in [0.717, 1.165) is 19.3 Å². The molecule has 0 radical (unpaired) electrons. The first kappa shape index (κ1) is 16.8. The molecule has 0 bridgehead atoms. The van der Waals surface area contributed by atoms with Crippen molar-refractivity contribution >= 4 is 11.8 Å². The summed E-state index contributed by atoms with van der Waals surface area (Å²) in [6, 6.07) is 8.91. The van der Waals surface area contributed by atoms with Gasteiger partial charge in [-0.15, -0.1) is 0 Å². The Morgan fingerprint density at radius 2 is 1.83 bits per heavy atom. The topological polar surface area (TPSA) is 59.1 Å². The van der Waals surface area contributed by atoms with Gasteiger partial charge in [0.1, 0.15) is 11.8 Å². The molecular formula is C18H24N2O4. The fourth-order valence-corrected chi connectivity index (χ4v) is 3.23. The molecule has 2 saturated heterocycles. The number of benzene rings is 1. The SMILES string of the molecule is O=C([C@H]1CCCCN1C(=O)COc1ccccc1)N1CCOCC1. The number of piperidine rings is 1. The van der Waals surface area contributed by atoms with Crippen LogP contribution < -0.4 is 4.74 Å². The number of morpholine rings is 1. The molecule has 3 rings (SSSR count). The molecule has 0 unspecified atom stereocenters. The first-order valence-electron chi connectivity index (χ1n) is 8.59. The highest BCUT2D eigenvalue weighted by atomic mass is 16.5. The molecule has 130 valence electrons. The van der Waals surface area contributed by atoms with Crippen molar-refractivity contribution in [3.63, 3.8) is 0 Å². The second-order valence-electron chi connectivity index (χ2n) is 6.14. The molecular weight excluding hydrogens is 308 g/mol. The molecule has 2 heterocycles. The molecule has 1 aromatic carbocycles. The normalized spacial score (nSPS) is 21.4. The average Bonchev–Trinajstić information content (AvgIpc) is 2.67. The van der Waals surface area contributed by atoms with Crippen LogP contribution in [0.4, 0.5) is 0 Å². The number of amides is 2. The van der Waals surface area contributed by atoms with Crippen molar-refractivity contribution in [3.05, 3.63) is 30.3 Å². The zero-order valence-corrected chi connectivity index (χ0v) is 13.9. The lowest BCUT2D eigenvalue weighted by atomic mass is 10.0. The fourth-order valence-electron chi connectivity index (χ4n) is 3.23. The van der Waals surface area contributed by atoms with Gasteiger partial charge in [0.15, 0.2) is 6.61 Å². The monoisotopic (exact) mass is 332 g/mol. The number of ether oxygens (including phenoxy) is 2. The van der Waals surface area contributed by atoms with E-state index in [2.05, 4.69) is 0 Å². The Kier molecular flexibility index (Phi) is 5.69. The third-order valence-electron chi connectivity index (χ3n) is 4.54. The molecule has 2 aliphatic heterocycles. The Bertz CT molecular complexity index is 557. The average molecular weight is 332 g/mol. The summed E-state index contributed by atoms with van der Waals surface area (Å²) in [6.45, 7) is 2.96. The number of nitrogens with zero attached hydrogens (tertiary/aromatic N) is 2. The highest BCUT2D eigenvalue weighted by molar-refractivity contribution is 5.88. The summed E-state index contributed by atoms with van der Waals surface area (Å²) in [5, 5.41) is 0. The summed E-state index contributed by atoms with van der Waals surface area (Å²) in [5.74, 6) is 0.593. The molecule has 2 fully saturated rings. The molecule has 6 nitrogen and oxygen atoms in total. The standard InChI is InChI=1S/C18H24N2O4/c21-17(14-24-15-6-2-1-3-7-15)20-9-5-4-8-16(20)18(22)19-10-12-23-13-11-19/h1-3,6-7,16H,4-5,8-14H2/t16-/m1/s1. The summed E-state index contributed by atoms with van der Waals surface area (Å²) in [7, 11) is 0. The molecule has 2 amide bonds. The van der Waals surface area contributed by atoms with Crippen molar-refractivity contribution < 1.29 is 19.1 Å². The van der Waals surface area contributed by atoms with Crippen molar-refractivity contribution in [2.75, 3.05) is 39.5 Å². The van der Waals surface area contributed by atoms with Gasteiger partial charge in [0.05, 0.1) is 13.2 Å². The molecule has 24 heavy (non-hydrogen) atoms. The maximum atomic E-state index is 12.8. The van der Waals surface area contributed by atoms with Crippen molar-refractivity contribution in [3.8, 4) is 5.75 Å². The third-order valence-corrected chi connectivity index (χ3v) is 4.54. The maximum absolute atomic E-state index is 12.8. The van der Waals surface area contributed by atoms with Crippen LogP contribution in [0.3, 0.4) is 0 Å². The predicted molar refractivity (Wildman–Crippen MR) is 88.7 cm³/mol. The number of carbonyl (C=O) groups is 2. The number of likely N-dealkylation sites (tertiary alicyclic amines) is 1. The van der Waals surface area contributed by atoms with Crippen LogP contribution in [0, 0.1) is 0 Å². The molecule has 1 atom stereocenters. The van der Waals surface area contributed by atoms with Gasteiger partial charge in [-0.25, -0.2) is 0 Å². The summed E-state index contributed by atoms with van der Waals surface area (Å²) < 4.78 is 10.9. The Morgan fingerprint density at radius 3 is 2.58 bits per heavy atom. The quantitative estimate of drug-likeness (QED) is 0.834. The van der Waals surface area contributed by atoms with Gasteiger partial charge in [0.2, 0.25) is 5.91 Å². The summed E-state index contributed by atoms with van der Waals surface area (Å²) in [4.78, 5) is 28.9. The Labute approximate surface area is 142 Å². The number of hydrogen-bond acceptors (Lipinski definition) is 4. The van der Waals surface area contributed by atoms with Crippen molar-refractivity contribution in [1.29, 1.82) is 0 Å². The minimum Gasteiger partial charge on any atom is -0.484 e. The van der Waals surface area contributed by atoms with E-state index in [4.69, 9.17) is 9.47 Å². The molecule has 0 aromatic heterocycles. The minimum absolute atomic E-state index is 0.0308. The number of carbonyl (C=O) groups excluding carboxylic acids is 2. The van der Waals surface area contributed by atoms with Gasteiger partial charge in [-0.3, -0.25) is 9.59 Å². The maximum Gasteiger partial charge on any atom is 0.261 e. The lowest BCUT2D eigenvalue weighted by Crippen LogP contribution is -2.55. The Balaban J connectivity index is 1.60. The van der Waals surface area contributed by atoms with Crippen LogP contribution in [0.1, 0.15) is 19.3 Å². The minimum atomic E-state index is -0.358. The van der Waals surface area contributed by atoms with Gasteiger partial charge in [0, 0.05) is 19.6 Å². The molecule has 0 saturated carbocycles. The predicted octanol–water partition coefficient (Wildman–Crippen LogP) is 1.31. The van der Waals surface area contributed by atoms with Crippen LogP contribution in [0.5, 0.6) is 5.75 Å². The van der Waals surface area contributed by atoms with Gasteiger partial charge >= 0.3 is 0 Å². The van der Waals surface area contributed by atoms with E-state index in [1.165, 1.54) is 0 Å². The van der Waals surface area contributed by atoms with Gasteiger partial charge in [0.25, 0.3) is 5.91 Å². The van der Waals surface area contributed by atoms with Gasteiger partial charge in [-0.05, 0) is 31.4 Å². The zero-order chi connectivity index (χ0) is 16.8. The lowest BCUT2D eigenvalue weighted by molar-refractivity contribution is -0.151. The lowest BCUT2D eigenvalue weighted by Gasteiger charge is -2.38. The van der Waals surface area contributed by atoms with Crippen LogP contribution in [0.25, 0.3) is 0 Å². The zero-order valence-electron chi connectivity index (χ0n) is 13.9. The third kappa shape index (κ3) is 4.06. The van der Waals surface area contributed by atoms with Crippen LogP contribution >= 0.6 is 0 Å². The van der Waals surface area contributed by atoms with Crippen molar-refractivity contribution in [2.24, 2.45) is 0 Å². The van der Waals surface area contributed by atoms with E-state index in [1.807, 2.05) is 35.2 Å². The molecule has 2 aliphatic rings. The van der Waals surface area contributed by atoms with Crippen LogP contribution in [0.2, 0.25) is 0 Å². The molecule has 0 spiro atoms. The highest BCUT2D eigenvalue weighted by Gasteiger charge is 2.35. The highest BCUT2D eigenvalue weighted by Crippen LogP contribution is 2.20. The van der Waals surface area contributed by atoms with Crippen molar-refractivity contribution in [2.45, 2.75) is 25.3 Å². The number of hydrogen-bond donors (Lipinski definition) is 0. The Morgan fingerprint density at radius 1 is 1.08 bits per heavy atom.